The lowest BCUT2D eigenvalue weighted by molar-refractivity contribution is -0.0597. The molecule has 0 saturated carbocycles. The number of hydrogen-bond donors (Lipinski definition) is 2. The first kappa shape index (κ1) is 30.6. The first-order valence-electron chi connectivity index (χ1n) is 10.7. The van der Waals surface area contributed by atoms with E-state index in [1.54, 1.807) is 50.5 Å². The predicted molar refractivity (Wildman–Crippen MR) is 149 cm³/mol. The minimum Gasteiger partial charge on any atom is -0.331 e. The summed E-state index contributed by atoms with van der Waals surface area (Å²) in [6.45, 7) is 0. The number of carbonyl (C=O) groups excluding carboxylic acids is 2. The third-order valence-corrected chi connectivity index (χ3v) is 6.14. The summed E-state index contributed by atoms with van der Waals surface area (Å²) in [5, 5.41) is 7.67. The molecular weight excluding hydrogens is 558 g/mol. The van der Waals surface area contributed by atoms with E-state index in [1.807, 2.05) is 0 Å². The third kappa shape index (κ3) is 8.73. The van der Waals surface area contributed by atoms with E-state index < -0.39 is 6.03 Å². The highest BCUT2D eigenvalue weighted by Crippen LogP contribution is 2.26. The monoisotopic (exact) mass is 582 g/mol. The highest BCUT2D eigenvalue weighted by atomic mass is 35.5. The molecule has 0 unspecified atom stereocenters. The van der Waals surface area contributed by atoms with E-state index in [0.29, 0.717) is 21.4 Å². The van der Waals surface area contributed by atoms with Crippen molar-refractivity contribution in [3.63, 3.8) is 0 Å². The lowest BCUT2D eigenvalue weighted by Crippen LogP contribution is -2.29. The van der Waals surface area contributed by atoms with Gasteiger partial charge in [-0.1, -0.05) is 0 Å². The summed E-state index contributed by atoms with van der Waals surface area (Å²) in [5.41, 5.74) is 3.01. The van der Waals surface area contributed by atoms with Gasteiger partial charge in [-0.15, -0.1) is 12.4 Å². The summed E-state index contributed by atoms with van der Waals surface area (Å²) in [6.07, 6.45) is 0. The van der Waals surface area contributed by atoms with E-state index in [9.17, 15) is 18.4 Å². The Morgan fingerprint density at radius 2 is 1.16 bits per heavy atom. The number of hydroxylamine groups is 2. The van der Waals surface area contributed by atoms with Gasteiger partial charge < -0.3 is 4.90 Å². The number of rotatable bonds is 5. The molecule has 4 amide bonds. The van der Waals surface area contributed by atoms with Gasteiger partial charge in [-0.3, -0.25) is 15.5 Å². The Bertz CT molecular complexity index is 1330. The highest BCUT2D eigenvalue weighted by molar-refractivity contribution is 7.10. The van der Waals surface area contributed by atoms with Crippen molar-refractivity contribution in [3.05, 3.63) is 72.3 Å². The molecular formula is C24H25ClF2N6O3S2. The Balaban J connectivity index is 0.000000260. The highest BCUT2D eigenvalue weighted by Gasteiger charge is 2.11. The van der Waals surface area contributed by atoms with E-state index in [4.69, 9.17) is 4.84 Å². The third-order valence-electron chi connectivity index (χ3n) is 4.73. The molecule has 0 fully saturated rings. The Kier molecular flexibility index (Phi) is 11.5. The van der Waals surface area contributed by atoms with E-state index in [2.05, 4.69) is 19.4 Å². The second kappa shape index (κ2) is 14.3. The van der Waals surface area contributed by atoms with Gasteiger partial charge >= 0.3 is 12.1 Å². The molecule has 0 radical (unpaired) electrons. The number of hydrogen-bond acceptors (Lipinski definition) is 7. The lowest BCUT2D eigenvalue weighted by atomic mass is 10.1. The number of carbonyl (C=O) groups is 2. The van der Waals surface area contributed by atoms with Crippen LogP contribution in [0.15, 0.2) is 60.7 Å². The Labute approximate surface area is 232 Å². The van der Waals surface area contributed by atoms with Crippen molar-refractivity contribution in [3.8, 4) is 22.5 Å². The number of anilines is 2. The maximum Gasteiger partial charge on any atom is 0.346 e. The van der Waals surface area contributed by atoms with Gasteiger partial charge in [0, 0.05) is 44.4 Å². The zero-order valence-electron chi connectivity index (χ0n) is 20.8. The van der Waals surface area contributed by atoms with Gasteiger partial charge in [0.25, 0.3) is 0 Å². The van der Waals surface area contributed by atoms with Crippen LogP contribution in [0.3, 0.4) is 0 Å². The normalized spacial score (nSPS) is 9.95. The van der Waals surface area contributed by atoms with Crippen LogP contribution in [0.25, 0.3) is 22.5 Å². The molecule has 9 nitrogen and oxygen atoms in total. The average Bonchev–Trinajstić information content (AvgIpc) is 3.54. The lowest BCUT2D eigenvalue weighted by Gasteiger charge is -2.12. The van der Waals surface area contributed by atoms with Crippen LogP contribution in [0.4, 0.5) is 28.4 Å². The summed E-state index contributed by atoms with van der Waals surface area (Å²) in [7, 11) is 6.22. The van der Waals surface area contributed by atoms with Gasteiger partial charge in [0.05, 0.1) is 18.5 Å². The van der Waals surface area contributed by atoms with E-state index in [0.717, 1.165) is 27.7 Å². The van der Waals surface area contributed by atoms with Gasteiger partial charge in [-0.2, -0.15) is 8.75 Å². The number of halogens is 3. The summed E-state index contributed by atoms with van der Waals surface area (Å²) in [5.74, 6) is -0.579. The van der Waals surface area contributed by atoms with Crippen LogP contribution in [0, 0.1) is 11.6 Å². The molecule has 0 spiro atoms. The number of aromatic nitrogens is 2. The number of nitrogens with zero attached hydrogens (tertiary/aromatic N) is 4. The average molecular weight is 583 g/mol. The molecule has 0 bridgehead atoms. The number of benzene rings is 2. The second-order valence-electron chi connectivity index (χ2n) is 7.60. The zero-order chi connectivity index (χ0) is 26.9. The first-order chi connectivity index (χ1) is 17.7. The van der Waals surface area contributed by atoms with Crippen molar-refractivity contribution < 1.29 is 23.2 Å². The van der Waals surface area contributed by atoms with Crippen LogP contribution in [0.2, 0.25) is 0 Å². The van der Waals surface area contributed by atoms with Crippen molar-refractivity contribution >= 4 is 57.5 Å². The Morgan fingerprint density at radius 1 is 0.763 bits per heavy atom. The minimum absolute atomic E-state index is 0. The van der Waals surface area contributed by atoms with Crippen molar-refractivity contribution in [2.75, 3.05) is 38.9 Å². The molecule has 14 heteroatoms. The molecule has 0 aliphatic carbocycles. The van der Waals surface area contributed by atoms with E-state index >= 15 is 0 Å². The molecule has 4 aromatic rings. The summed E-state index contributed by atoms with van der Waals surface area (Å²) < 4.78 is 34.0. The largest absolute Gasteiger partial charge is 0.346 e. The molecule has 202 valence electrons. The molecule has 0 aliphatic rings. The maximum absolute atomic E-state index is 12.8. The van der Waals surface area contributed by atoms with Crippen LogP contribution in [-0.2, 0) is 4.84 Å². The predicted octanol–water partition coefficient (Wildman–Crippen LogP) is 6.44. The molecule has 2 aromatic carbocycles. The summed E-state index contributed by atoms with van der Waals surface area (Å²) in [4.78, 5) is 29.2. The fourth-order valence-corrected chi connectivity index (χ4v) is 3.97. The molecule has 0 saturated heterocycles. The maximum atomic E-state index is 12.8. The Hall–Kier alpha value is -3.65. The quantitative estimate of drug-likeness (QED) is 0.264. The second-order valence-corrected chi connectivity index (χ2v) is 9.21. The molecule has 0 atom stereocenters. The number of urea groups is 2. The van der Waals surface area contributed by atoms with E-state index in [1.165, 1.54) is 54.9 Å². The number of nitrogens with one attached hydrogen (secondary N) is 2. The van der Waals surface area contributed by atoms with Gasteiger partial charge in [0.1, 0.15) is 21.6 Å². The SMILES string of the molecule is CN(C)C(=O)Nc1cc(-c2ccc(F)cc2)ns1.CON(C)C(=O)Nc1cc(-c2ccc(F)cc2)ns1.Cl. The molecule has 4 rings (SSSR count). The van der Waals surface area contributed by atoms with Crippen molar-refractivity contribution in [1.29, 1.82) is 0 Å². The fraction of sp³-hybridized carbons (Fsp3) is 0.167. The van der Waals surface area contributed by atoms with Crippen LogP contribution >= 0.6 is 35.5 Å². The first-order valence-corrected chi connectivity index (χ1v) is 12.2. The molecule has 2 aromatic heterocycles. The Morgan fingerprint density at radius 3 is 1.53 bits per heavy atom. The smallest absolute Gasteiger partial charge is 0.331 e. The molecule has 38 heavy (non-hydrogen) atoms. The number of amides is 4. The minimum atomic E-state index is -0.392. The van der Waals surface area contributed by atoms with Crippen molar-refractivity contribution in [2.24, 2.45) is 0 Å². The molecule has 2 N–H and O–H groups in total. The van der Waals surface area contributed by atoms with Crippen LogP contribution in [0.1, 0.15) is 0 Å². The van der Waals surface area contributed by atoms with Gasteiger partial charge in [0.15, 0.2) is 0 Å². The van der Waals surface area contributed by atoms with Crippen LogP contribution < -0.4 is 10.6 Å². The molecule has 2 heterocycles. The zero-order valence-corrected chi connectivity index (χ0v) is 23.2. The van der Waals surface area contributed by atoms with Crippen molar-refractivity contribution in [2.45, 2.75) is 0 Å². The molecule has 0 aliphatic heterocycles. The van der Waals surface area contributed by atoms with Gasteiger partial charge in [-0.05, 0) is 71.6 Å². The summed E-state index contributed by atoms with van der Waals surface area (Å²) >= 11 is 2.34. The fourth-order valence-electron chi connectivity index (χ4n) is 2.67. The standard InChI is InChI=1S/C12H12FN3O2S.C12H12FN3OS.ClH/c1-16(18-2)12(17)14-11-7-10(15-19-11)8-3-5-9(13)6-4-8;1-16(2)12(17)14-11-7-10(15-18-11)8-3-5-9(13)6-4-8;/h3-7H,1-2H3,(H,14,17);3-7H,1-2H3,(H,14,17);1H. The van der Waals surface area contributed by atoms with Crippen molar-refractivity contribution in [1.82, 2.24) is 18.7 Å². The summed E-state index contributed by atoms with van der Waals surface area (Å²) in [6, 6.07) is 15.0. The van der Waals surface area contributed by atoms with E-state index in [-0.39, 0.29) is 30.1 Å². The van der Waals surface area contributed by atoms with Gasteiger partial charge in [0.2, 0.25) is 0 Å². The van der Waals surface area contributed by atoms with Crippen LogP contribution in [0.5, 0.6) is 0 Å². The van der Waals surface area contributed by atoms with Crippen LogP contribution in [-0.4, -0.2) is 59.0 Å². The van der Waals surface area contributed by atoms with Gasteiger partial charge in [-0.25, -0.2) is 23.4 Å². The topological polar surface area (TPSA) is 99.7 Å².